The van der Waals surface area contributed by atoms with Gasteiger partial charge in [0.25, 0.3) is 0 Å². The van der Waals surface area contributed by atoms with Crippen LogP contribution in [0, 0.1) is 0 Å². The van der Waals surface area contributed by atoms with Gasteiger partial charge in [-0.05, 0) is 32.6 Å². The molecule has 0 radical (unpaired) electrons. The highest BCUT2D eigenvalue weighted by Crippen LogP contribution is 2.26. The number of piperidine rings is 1. The molecule has 2 unspecified atom stereocenters. The standard InChI is InChI=1S/C13H20N2O2/c1-3-4-8-14-10(2)12(16)15-9-6-5-7-11(15)13(14)17/h3,10-11H,1,4-9H2,2H3. The van der Waals surface area contributed by atoms with Crippen LogP contribution in [0.1, 0.15) is 32.6 Å². The van der Waals surface area contributed by atoms with Crippen molar-refractivity contribution in [1.29, 1.82) is 0 Å². The molecule has 0 bridgehead atoms. The maximum Gasteiger partial charge on any atom is 0.246 e. The molecule has 0 aliphatic carbocycles. The Morgan fingerprint density at radius 2 is 2.12 bits per heavy atom. The highest BCUT2D eigenvalue weighted by Gasteiger charge is 2.44. The zero-order chi connectivity index (χ0) is 12.4. The Hall–Kier alpha value is -1.32. The molecule has 0 saturated carbocycles. The van der Waals surface area contributed by atoms with E-state index in [-0.39, 0.29) is 23.9 Å². The van der Waals surface area contributed by atoms with E-state index in [0.717, 1.165) is 32.2 Å². The second kappa shape index (κ2) is 4.90. The first-order chi connectivity index (χ1) is 8.16. The van der Waals surface area contributed by atoms with E-state index in [2.05, 4.69) is 6.58 Å². The Morgan fingerprint density at radius 3 is 2.82 bits per heavy atom. The van der Waals surface area contributed by atoms with Gasteiger partial charge in [0.15, 0.2) is 0 Å². The monoisotopic (exact) mass is 236 g/mol. The highest BCUT2D eigenvalue weighted by molar-refractivity contribution is 5.96. The summed E-state index contributed by atoms with van der Waals surface area (Å²) in [5.41, 5.74) is 0. The van der Waals surface area contributed by atoms with Crippen LogP contribution in [0.3, 0.4) is 0 Å². The highest BCUT2D eigenvalue weighted by atomic mass is 16.2. The van der Waals surface area contributed by atoms with Crippen LogP contribution < -0.4 is 0 Å². The second-order valence-electron chi connectivity index (χ2n) is 4.83. The van der Waals surface area contributed by atoms with Gasteiger partial charge in [-0.3, -0.25) is 9.59 Å². The van der Waals surface area contributed by atoms with Crippen molar-refractivity contribution in [3.8, 4) is 0 Å². The Kier molecular flexibility index (Phi) is 3.50. The lowest BCUT2D eigenvalue weighted by molar-refractivity contribution is -0.162. The fraction of sp³-hybridized carbons (Fsp3) is 0.692. The summed E-state index contributed by atoms with van der Waals surface area (Å²) in [6, 6.07) is -0.505. The maximum atomic E-state index is 12.3. The summed E-state index contributed by atoms with van der Waals surface area (Å²) in [5.74, 6) is 0.233. The molecule has 0 aromatic rings. The average molecular weight is 236 g/mol. The molecule has 0 aromatic carbocycles. The molecule has 2 aliphatic rings. The van der Waals surface area contributed by atoms with Crippen LogP contribution in [-0.4, -0.2) is 46.8 Å². The van der Waals surface area contributed by atoms with Gasteiger partial charge in [0.2, 0.25) is 11.8 Å². The van der Waals surface area contributed by atoms with E-state index in [1.165, 1.54) is 0 Å². The number of carbonyl (C=O) groups excluding carboxylic acids is 2. The first-order valence-corrected chi connectivity index (χ1v) is 6.38. The molecule has 2 fully saturated rings. The SMILES string of the molecule is C=CCCN1C(=O)C2CCCCN2C(=O)C1C. The summed E-state index contributed by atoms with van der Waals surface area (Å²) in [4.78, 5) is 28.0. The predicted molar refractivity (Wildman–Crippen MR) is 65.3 cm³/mol. The fourth-order valence-electron chi connectivity index (χ4n) is 2.74. The van der Waals surface area contributed by atoms with E-state index in [0.29, 0.717) is 6.54 Å². The molecule has 2 atom stereocenters. The van der Waals surface area contributed by atoms with Crippen LogP contribution in [0.2, 0.25) is 0 Å². The number of hydrogen-bond donors (Lipinski definition) is 0. The van der Waals surface area contributed by atoms with Crippen LogP contribution in [0.4, 0.5) is 0 Å². The Labute approximate surface area is 102 Å². The van der Waals surface area contributed by atoms with Crippen molar-refractivity contribution in [3.63, 3.8) is 0 Å². The third kappa shape index (κ3) is 2.08. The van der Waals surface area contributed by atoms with Crippen molar-refractivity contribution in [3.05, 3.63) is 12.7 Å². The minimum atomic E-state index is -0.309. The smallest absolute Gasteiger partial charge is 0.246 e. The van der Waals surface area contributed by atoms with Crippen LogP contribution in [0.5, 0.6) is 0 Å². The van der Waals surface area contributed by atoms with Gasteiger partial charge in [-0.15, -0.1) is 6.58 Å². The van der Waals surface area contributed by atoms with E-state index >= 15 is 0 Å². The zero-order valence-electron chi connectivity index (χ0n) is 10.4. The summed E-state index contributed by atoms with van der Waals surface area (Å²) in [5, 5.41) is 0. The molecule has 94 valence electrons. The lowest BCUT2D eigenvalue weighted by Gasteiger charge is -2.46. The first kappa shape index (κ1) is 12.1. The molecule has 0 spiro atoms. The Morgan fingerprint density at radius 1 is 1.35 bits per heavy atom. The Balaban J connectivity index is 2.16. The van der Waals surface area contributed by atoms with Gasteiger partial charge in [0.05, 0.1) is 0 Å². The number of piperazine rings is 1. The zero-order valence-corrected chi connectivity index (χ0v) is 10.4. The van der Waals surface area contributed by atoms with E-state index in [9.17, 15) is 9.59 Å². The van der Waals surface area contributed by atoms with Gasteiger partial charge in [-0.2, -0.15) is 0 Å². The minimum Gasteiger partial charge on any atom is -0.329 e. The first-order valence-electron chi connectivity index (χ1n) is 6.38. The summed E-state index contributed by atoms with van der Waals surface area (Å²) in [6.07, 6.45) is 5.43. The van der Waals surface area contributed by atoms with Gasteiger partial charge in [-0.25, -0.2) is 0 Å². The molecule has 2 heterocycles. The third-order valence-corrected chi connectivity index (χ3v) is 3.75. The van der Waals surface area contributed by atoms with Crippen molar-refractivity contribution in [2.45, 2.75) is 44.7 Å². The summed E-state index contributed by atoms with van der Waals surface area (Å²) < 4.78 is 0. The number of amides is 2. The van der Waals surface area contributed by atoms with Crippen molar-refractivity contribution in [1.82, 2.24) is 9.80 Å². The van der Waals surface area contributed by atoms with Gasteiger partial charge in [0, 0.05) is 13.1 Å². The van der Waals surface area contributed by atoms with Crippen molar-refractivity contribution in [2.24, 2.45) is 0 Å². The number of rotatable bonds is 3. The second-order valence-corrected chi connectivity index (χ2v) is 4.83. The van der Waals surface area contributed by atoms with Crippen LogP contribution in [0.15, 0.2) is 12.7 Å². The number of nitrogens with zero attached hydrogens (tertiary/aromatic N) is 2. The molecule has 4 heteroatoms. The number of fused-ring (bicyclic) bond motifs is 1. The maximum absolute atomic E-state index is 12.3. The van der Waals surface area contributed by atoms with Gasteiger partial charge in [-0.1, -0.05) is 6.08 Å². The molecule has 0 N–H and O–H groups in total. The van der Waals surface area contributed by atoms with E-state index < -0.39 is 0 Å². The van der Waals surface area contributed by atoms with Crippen molar-refractivity contribution >= 4 is 11.8 Å². The molecule has 2 rings (SSSR count). The summed E-state index contributed by atoms with van der Waals surface area (Å²) in [7, 11) is 0. The van der Waals surface area contributed by atoms with Crippen LogP contribution in [-0.2, 0) is 9.59 Å². The lowest BCUT2D eigenvalue weighted by atomic mass is 9.95. The summed E-state index contributed by atoms with van der Waals surface area (Å²) >= 11 is 0. The average Bonchev–Trinajstić information content (AvgIpc) is 2.36. The van der Waals surface area contributed by atoms with Crippen LogP contribution >= 0.6 is 0 Å². The molecular formula is C13H20N2O2. The minimum absolute atomic E-state index is 0.110. The molecule has 2 amide bonds. The van der Waals surface area contributed by atoms with Crippen molar-refractivity contribution < 1.29 is 9.59 Å². The quantitative estimate of drug-likeness (QED) is 0.690. The topological polar surface area (TPSA) is 40.6 Å². The van der Waals surface area contributed by atoms with Gasteiger partial charge >= 0.3 is 0 Å². The van der Waals surface area contributed by atoms with E-state index in [4.69, 9.17) is 0 Å². The van der Waals surface area contributed by atoms with Crippen molar-refractivity contribution in [2.75, 3.05) is 13.1 Å². The third-order valence-electron chi connectivity index (χ3n) is 3.75. The normalized spacial score (nSPS) is 29.2. The lowest BCUT2D eigenvalue weighted by Crippen LogP contribution is -2.65. The van der Waals surface area contributed by atoms with Gasteiger partial charge < -0.3 is 9.80 Å². The molecule has 4 nitrogen and oxygen atoms in total. The molecule has 2 aliphatic heterocycles. The number of hydrogen-bond acceptors (Lipinski definition) is 2. The number of carbonyl (C=O) groups is 2. The molecule has 2 saturated heterocycles. The van der Waals surface area contributed by atoms with Crippen LogP contribution in [0.25, 0.3) is 0 Å². The Bertz CT molecular complexity index is 340. The molecular weight excluding hydrogens is 216 g/mol. The summed E-state index contributed by atoms with van der Waals surface area (Å²) in [6.45, 7) is 6.85. The van der Waals surface area contributed by atoms with E-state index in [1.54, 1.807) is 15.9 Å². The molecule has 0 aromatic heterocycles. The molecule has 17 heavy (non-hydrogen) atoms. The largest absolute Gasteiger partial charge is 0.329 e. The van der Waals surface area contributed by atoms with Gasteiger partial charge in [0.1, 0.15) is 12.1 Å². The van der Waals surface area contributed by atoms with E-state index in [1.807, 2.05) is 6.92 Å². The fourth-order valence-corrected chi connectivity index (χ4v) is 2.74. The predicted octanol–water partition coefficient (Wildman–Crippen LogP) is 1.17.